The Balaban J connectivity index is 1.50. The van der Waals surface area contributed by atoms with Crippen LogP contribution in [0.2, 0.25) is 0 Å². The molecule has 2 aliphatic heterocycles. The Morgan fingerprint density at radius 2 is 2.06 bits per heavy atom. The number of methoxy groups -OCH3 is 1. The molecule has 1 spiro atoms. The third kappa shape index (κ3) is 5.01. The lowest BCUT2D eigenvalue weighted by Gasteiger charge is -2.36. The van der Waals surface area contributed by atoms with Gasteiger partial charge >= 0.3 is 0 Å². The number of amides is 1. The zero-order valence-corrected chi connectivity index (χ0v) is 20.8. The highest BCUT2D eigenvalue weighted by Gasteiger charge is 2.43. The molecular weight excluding hydrogens is 472 g/mol. The van der Waals surface area contributed by atoms with Gasteiger partial charge in [-0.3, -0.25) is 4.79 Å². The Morgan fingerprint density at radius 1 is 1.31 bits per heavy atom. The van der Waals surface area contributed by atoms with Gasteiger partial charge in [0.25, 0.3) is 6.43 Å². The van der Waals surface area contributed by atoms with E-state index >= 15 is 0 Å². The molecule has 0 radical (unpaired) electrons. The van der Waals surface area contributed by atoms with E-state index in [9.17, 15) is 13.6 Å². The molecule has 194 valence electrons. The number of aromatic nitrogens is 3. The Kier molecular flexibility index (Phi) is 6.94. The second-order valence-corrected chi connectivity index (χ2v) is 9.32. The molecule has 2 aliphatic rings. The van der Waals surface area contributed by atoms with E-state index in [1.807, 2.05) is 13.0 Å². The number of hydrazine groups is 1. The highest BCUT2D eigenvalue weighted by atomic mass is 19.3. The number of likely N-dealkylation sites (tertiary alicyclic amines) is 1. The number of nitrogens with one attached hydrogen (secondary N) is 1. The van der Waals surface area contributed by atoms with E-state index in [1.54, 1.807) is 18.9 Å². The van der Waals surface area contributed by atoms with Crippen molar-refractivity contribution in [2.75, 3.05) is 32.6 Å². The number of nitrogens with zero attached hydrogens (tertiary/aromatic N) is 6. The fourth-order valence-corrected chi connectivity index (χ4v) is 4.77. The van der Waals surface area contributed by atoms with Gasteiger partial charge in [-0.15, -0.1) is 5.10 Å². The van der Waals surface area contributed by atoms with Crippen molar-refractivity contribution in [2.24, 2.45) is 16.7 Å². The van der Waals surface area contributed by atoms with E-state index in [0.29, 0.717) is 18.8 Å². The molecule has 0 unspecified atom stereocenters. The maximum Gasteiger partial charge on any atom is 0.297 e. The zero-order chi connectivity index (χ0) is 26.2. The minimum Gasteiger partial charge on any atom is -0.481 e. The van der Waals surface area contributed by atoms with Crippen LogP contribution in [-0.4, -0.2) is 69.5 Å². The average Bonchev–Trinajstić information content (AvgIpc) is 3.24. The quantitative estimate of drug-likeness (QED) is 0.232. The van der Waals surface area contributed by atoms with Crippen LogP contribution in [0.15, 0.2) is 17.2 Å². The number of ether oxygens (including phenoxy) is 1. The largest absolute Gasteiger partial charge is 0.481 e. The van der Waals surface area contributed by atoms with Gasteiger partial charge in [0.15, 0.2) is 11.7 Å². The molecule has 4 heterocycles. The number of carbonyl (C=O) groups excluding carboxylic acids is 1. The van der Waals surface area contributed by atoms with Gasteiger partial charge in [0.1, 0.15) is 5.82 Å². The summed E-state index contributed by atoms with van der Waals surface area (Å²) in [5.41, 5.74) is 8.43. The van der Waals surface area contributed by atoms with Crippen LogP contribution < -0.4 is 21.6 Å². The Bertz CT molecular complexity index is 1190. The lowest BCUT2D eigenvalue weighted by Crippen LogP contribution is -2.46. The van der Waals surface area contributed by atoms with Gasteiger partial charge in [-0.2, -0.15) is 4.98 Å². The smallest absolute Gasteiger partial charge is 0.297 e. The summed E-state index contributed by atoms with van der Waals surface area (Å²) in [6, 6.07) is 3.40. The molecule has 1 fully saturated rings. The first kappa shape index (κ1) is 25.5. The van der Waals surface area contributed by atoms with Crippen LogP contribution in [0.4, 0.5) is 14.6 Å². The van der Waals surface area contributed by atoms with Gasteiger partial charge in [-0.05, 0) is 44.7 Å². The lowest BCUT2D eigenvalue weighted by atomic mass is 9.86. The van der Waals surface area contributed by atoms with Crippen molar-refractivity contribution in [1.29, 1.82) is 0 Å². The highest BCUT2D eigenvalue weighted by Crippen LogP contribution is 2.37. The first-order valence-corrected chi connectivity index (χ1v) is 11.6. The van der Waals surface area contributed by atoms with Crippen LogP contribution in [0.5, 0.6) is 5.88 Å². The number of alkyl halides is 2. The molecule has 2 atom stereocenters. The first-order valence-electron chi connectivity index (χ1n) is 11.6. The lowest BCUT2D eigenvalue weighted by molar-refractivity contribution is -0.131. The number of rotatable bonds is 6. The minimum absolute atomic E-state index is 0.00278. The number of carbonyl (C=O) groups is 1. The maximum atomic E-state index is 13.3. The van der Waals surface area contributed by atoms with Crippen LogP contribution in [0, 0.1) is 6.92 Å². The summed E-state index contributed by atoms with van der Waals surface area (Å²) in [5, 5.41) is 8.78. The Labute approximate surface area is 207 Å². The zero-order valence-electron chi connectivity index (χ0n) is 20.8. The third-order valence-electron chi connectivity index (χ3n) is 6.71. The standard InChI is InChI=1S/C23H31F2N9O2/c1-12(16-10-17(36-4)30-21(29-16)18(24)25)22(35)34-8-7-23(11-34)6-5-14-9-15(19(26)32-33(3)27)13(2)28-20(14)31-23/h9-10,12,18H,5-8,11,27H2,1-4H3,(H2,26,32)(H,28,31)/t12-,23-/m0/s1. The molecule has 5 N–H and O–H groups in total. The van der Waals surface area contributed by atoms with Crippen LogP contribution in [-0.2, 0) is 11.2 Å². The molecule has 0 aliphatic carbocycles. The second kappa shape index (κ2) is 9.80. The van der Waals surface area contributed by atoms with Crippen molar-refractivity contribution >= 4 is 17.6 Å². The number of pyridine rings is 1. The normalized spacial score (nSPS) is 20.3. The van der Waals surface area contributed by atoms with Gasteiger partial charge in [0, 0.05) is 31.8 Å². The van der Waals surface area contributed by atoms with Crippen molar-refractivity contribution in [3.8, 4) is 5.88 Å². The molecule has 2 aromatic rings. The van der Waals surface area contributed by atoms with E-state index in [-0.39, 0.29) is 28.9 Å². The predicted molar refractivity (Wildman–Crippen MR) is 129 cm³/mol. The van der Waals surface area contributed by atoms with E-state index < -0.39 is 18.2 Å². The van der Waals surface area contributed by atoms with Crippen molar-refractivity contribution in [2.45, 2.75) is 51.0 Å². The topological polar surface area (TPSA) is 148 Å². The molecule has 4 rings (SSSR count). The van der Waals surface area contributed by atoms with Crippen LogP contribution >= 0.6 is 0 Å². The van der Waals surface area contributed by atoms with E-state index in [4.69, 9.17) is 21.3 Å². The number of amidine groups is 1. The number of anilines is 1. The van der Waals surface area contributed by atoms with Gasteiger partial charge in [0.05, 0.1) is 30.0 Å². The summed E-state index contributed by atoms with van der Waals surface area (Å²) in [4.78, 5) is 27.4. The highest BCUT2D eigenvalue weighted by molar-refractivity contribution is 5.98. The summed E-state index contributed by atoms with van der Waals surface area (Å²) in [6.45, 7) is 4.52. The summed E-state index contributed by atoms with van der Waals surface area (Å²) in [5.74, 6) is 5.07. The van der Waals surface area contributed by atoms with Gasteiger partial charge < -0.3 is 20.7 Å². The predicted octanol–water partition coefficient (Wildman–Crippen LogP) is 1.68. The summed E-state index contributed by atoms with van der Waals surface area (Å²) in [7, 11) is 2.92. The van der Waals surface area contributed by atoms with Gasteiger partial charge in [0.2, 0.25) is 11.8 Å². The number of hydrogen-bond donors (Lipinski definition) is 3. The molecule has 1 saturated heterocycles. The number of aryl methyl sites for hydroxylation is 2. The van der Waals surface area contributed by atoms with Crippen molar-refractivity contribution in [3.63, 3.8) is 0 Å². The minimum atomic E-state index is -2.86. The Hall–Kier alpha value is -3.61. The van der Waals surface area contributed by atoms with Crippen LogP contribution in [0.3, 0.4) is 0 Å². The fraction of sp³-hybridized carbons (Fsp3) is 0.522. The molecule has 1 amide bonds. The summed E-state index contributed by atoms with van der Waals surface area (Å²) < 4.78 is 31.5. The molecule has 0 saturated carbocycles. The maximum absolute atomic E-state index is 13.3. The molecule has 2 aromatic heterocycles. The SMILES string of the molecule is COc1cc([C@H](C)C(=O)N2CC[C@@]3(CCc4cc(/C(N)=N/N(C)N)c(C)nc4N3)C2)nc(C(F)F)n1. The van der Waals surface area contributed by atoms with E-state index in [1.165, 1.54) is 13.2 Å². The van der Waals surface area contributed by atoms with Crippen LogP contribution in [0.25, 0.3) is 0 Å². The number of hydrazone groups is 1. The van der Waals surface area contributed by atoms with E-state index in [0.717, 1.165) is 41.3 Å². The van der Waals surface area contributed by atoms with Gasteiger partial charge in [-0.1, -0.05) is 0 Å². The number of fused-ring (bicyclic) bond motifs is 1. The summed E-state index contributed by atoms with van der Waals surface area (Å²) in [6.07, 6.45) is -0.568. The average molecular weight is 504 g/mol. The molecule has 11 nitrogen and oxygen atoms in total. The number of nitrogens with two attached hydrogens (primary N) is 2. The molecular formula is C23H31F2N9O2. The third-order valence-corrected chi connectivity index (χ3v) is 6.71. The molecule has 0 bridgehead atoms. The summed E-state index contributed by atoms with van der Waals surface area (Å²) >= 11 is 0. The number of halogens is 2. The molecule has 36 heavy (non-hydrogen) atoms. The van der Waals surface area contributed by atoms with Crippen molar-refractivity contribution in [1.82, 2.24) is 25.0 Å². The Morgan fingerprint density at radius 3 is 2.72 bits per heavy atom. The number of hydrogen-bond acceptors (Lipinski definition) is 9. The van der Waals surface area contributed by atoms with Crippen molar-refractivity contribution in [3.05, 3.63) is 40.5 Å². The van der Waals surface area contributed by atoms with Crippen LogP contribution in [0.1, 0.15) is 60.4 Å². The van der Waals surface area contributed by atoms with E-state index in [2.05, 4.69) is 20.4 Å². The first-order chi connectivity index (χ1) is 17.0. The fourth-order valence-electron chi connectivity index (χ4n) is 4.77. The molecule has 13 heteroatoms. The monoisotopic (exact) mass is 503 g/mol. The second-order valence-electron chi connectivity index (χ2n) is 9.32. The molecule has 0 aromatic carbocycles. The van der Waals surface area contributed by atoms with Gasteiger partial charge in [-0.25, -0.2) is 29.7 Å². The van der Waals surface area contributed by atoms with Crippen molar-refractivity contribution < 1.29 is 18.3 Å².